The lowest BCUT2D eigenvalue weighted by Gasteiger charge is -2.67. The number of rotatable bonds is 4. The number of ether oxygens (including phenoxy) is 3. The van der Waals surface area contributed by atoms with E-state index in [-0.39, 0.29) is 24.2 Å². The van der Waals surface area contributed by atoms with E-state index in [4.69, 9.17) is 14.2 Å². The van der Waals surface area contributed by atoms with Crippen LogP contribution in [0.1, 0.15) is 65.1 Å². The van der Waals surface area contributed by atoms with Crippen LogP contribution in [0.4, 0.5) is 0 Å². The van der Waals surface area contributed by atoms with Gasteiger partial charge < -0.3 is 29.4 Å². The maximum Gasteiger partial charge on any atom is 0.195 e. The van der Waals surface area contributed by atoms with E-state index in [0.717, 1.165) is 11.9 Å². The fourth-order valence-corrected chi connectivity index (χ4v) is 8.92. The number of aromatic nitrogens is 1. The Labute approximate surface area is 223 Å². The Morgan fingerprint density at radius 1 is 1.18 bits per heavy atom. The largest absolute Gasteiger partial charge is 0.396 e. The second kappa shape index (κ2) is 7.58. The molecule has 2 aliphatic heterocycles. The molecule has 2 saturated carbocycles. The molecule has 1 saturated heterocycles. The maximum atomic E-state index is 13.4. The zero-order valence-corrected chi connectivity index (χ0v) is 23.0. The van der Waals surface area contributed by atoms with E-state index in [0.29, 0.717) is 31.4 Å². The fraction of sp³-hybridized carbons (Fsp3) is 0.645. The van der Waals surface area contributed by atoms with Crippen molar-refractivity contribution in [3.05, 3.63) is 47.2 Å². The zero-order chi connectivity index (χ0) is 26.9. The van der Waals surface area contributed by atoms with E-state index in [2.05, 4.69) is 43.1 Å². The molecule has 3 aliphatic carbocycles. The minimum Gasteiger partial charge on any atom is -0.396 e. The average molecular weight is 522 g/mol. The van der Waals surface area contributed by atoms with Crippen molar-refractivity contribution in [1.29, 1.82) is 0 Å². The fourth-order valence-electron chi connectivity index (χ4n) is 8.92. The van der Waals surface area contributed by atoms with Crippen molar-refractivity contribution < 1.29 is 29.2 Å². The summed E-state index contributed by atoms with van der Waals surface area (Å²) in [4.78, 5) is 17.2. The first-order valence-electron chi connectivity index (χ1n) is 14.1. The molecule has 3 N–H and O–H groups in total. The molecule has 0 radical (unpaired) electrons. The van der Waals surface area contributed by atoms with Crippen LogP contribution in [0.5, 0.6) is 0 Å². The zero-order valence-electron chi connectivity index (χ0n) is 23.0. The number of carbonyl (C=O) groups is 1. The first-order chi connectivity index (χ1) is 17.9. The van der Waals surface area contributed by atoms with Crippen molar-refractivity contribution >= 4 is 16.7 Å². The van der Waals surface area contributed by atoms with E-state index < -0.39 is 40.0 Å². The van der Waals surface area contributed by atoms with E-state index in [1.54, 1.807) is 6.08 Å². The average Bonchev–Trinajstić information content (AvgIpc) is 3.47. The Morgan fingerprint density at radius 3 is 2.71 bits per heavy atom. The van der Waals surface area contributed by atoms with E-state index in [1.165, 1.54) is 16.6 Å². The van der Waals surface area contributed by atoms with Gasteiger partial charge in [0.1, 0.15) is 11.2 Å². The smallest absolute Gasteiger partial charge is 0.195 e. The molecular formula is C31H39NO6. The topological polar surface area (TPSA) is 101 Å². The van der Waals surface area contributed by atoms with E-state index in [9.17, 15) is 15.0 Å². The summed E-state index contributed by atoms with van der Waals surface area (Å²) in [6, 6.07) is 8.43. The molecular weight excluding hydrogens is 482 g/mol. The molecule has 1 aromatic heterocycles. The van der Waals surface area contributed by atoms with Crippen molar-refractivity contribution in [1.82, 2.24) is 4.98 Å². The van der Waals surface area contributed by atoms with Crippen molar-refractivity contribution in [2.45, 2.75) is 94.9 Å². The van der Waals surface area contributed by atoms with Crippen LogP contribution >= 0.6 is 0 Å². The molecule has 1 aromatic carbocycles. The molecule has 3 heterocycles. The SMILES string of the molecule is C[C@@H](CO)CO[C@H]1C[C@H]2Cc3c([nH]c4ccccc34)[C@]2(C)[C@@]2(C)CC[C@@]34O[C@@H](C(=O)C=C3[C@]12O)C(C)(C)O4. The number of aliphatic hydroxyl groups excluding tert-OH is 1. The van der Waals surface area contributed by atoms with Crippen molar-refractivity contribution in [3.8, 4) is 0 Å². The van der Waals surface area contributed by atoms with Crippen LogP contribution in [0.2, 0.25) is 0 Å². The highest BCUT2D eigenvalue weighted by Gasteiger charge is 2.78. The molecule has 38 heavy (non-hydrogen) atoms. The van der Waals surface area contributed by atoms with Gasteiger partial charge in [0.25, 0.3) is 0 Å². The van der Waals surface area contributed by atoms with Crippen molar-refractivity contribution in [3.63, 3.8) is 0 Å². The van der Waals surface area contributed by atoms with Crippen LogP contribution in [0.25, 0.3) is 10.9 Å². The number of hydrogen-bond acceptors (Lipinski definition) is 6. The number of benzene rings is 1. The van der Waals surface area contributed by atoms with Gasteiger partial charge in [-0.05, 0) is 56.7 Å². The minimum atomic E-state index is -1.51. The van der Waals surface area contributed by atoms with Gasteiger partial charge in [-0.15, -0.1) is 0 Å². The highest BCUT2D eigenvalue weighted by atomic mass is 16.8. The summed E-state index contributed by atoms with van der Waals surface area (Å²) in [6.07, 6.45) is 3.10. The van der Waals surface area contributed by atoms with Crippen molar-refractivity contribution in [2.75, 3.05) is 13.2 Å². The Kier molecular flexibility index (Phi) is 4.98. The van der Waals surface area contributed by atoms with Gasteiger partial charge in [0.05, 0.1) is 12.7 Å². The van der Waals surface area contributed by atoms with E-state index >= 15 is 0 Å². The van der Waals surface area contributed by atoms with Gasteiger partial charge in [-0.25, -0.2) is 0 Å². The number of aliphatic hydroxyl groups is 2. The van der Waals surface area contributed by atoms with Crippen LogP contribution < -0.4 is 0 Å². The number of nitrogens with one attached hydrogen (secondary N) is 1. The number of H-pyrrole nitrogens is 1. The van der Waals surface area contributed by atoms with Crippen LogP contribution in [0.15, 0.2) is 35.9 Å². The second-order valence-corrected chi connectivity index (χ2v) is 13.5. The quantitative estimate of drug-likeness (QED) is 0.564. The van der Waals surface area contributed by atoms with Crippen LogP contribution in [-0.4, -0.2) is 63.4 Å². The van der Waals surface area contributed by atoms with Gasteiger partial charge in [0.15, 0.2) is 17.7 Å². The molecule has 0 amide bonds. The maximum absolute atomic E-state index is 13.4. The summed E-state index contributed by atoms with van der Waals surface area (Å²) >= 11 is 0. The standard InChI is InChI=1S/C31H39NO6/c1-17(15-33)16-36-24-13-18-12-20-19-8-6-7-9-21(19)32-25(20)29(18,5)28(4)10-11-30-23(31(24,28)35)14-22(34)26(37-30)27(2,3)38-30/h6-9,14,17-18,24,26,32-33,35H,10-13,15-16H2,1-5H3/t17-,18+,24-,26-,28+,29+,30-,31-/m0/s1. The lowest BCUT2D eigenvalue weighted by molar-refractivity contribution is -0.281. The summed E-state index contributed by atoms with van der Waals surface area (Å²) in [5, 5.41) is 24.2. The highest BCUT2D eigenvalue weighted by Crippen LogP contribution is 2.72. The molecule has 2 bridgehead atoms. The third kappa shape index (κ3) is 2.75. The summed E-state index contributed by atoms with van der Waals surface area (Å²) < 4.78 is 19.6. The summed E-state index contributed by atoms with van der Waals surface area (Å²) in [5.74, 6) is -1.13. The summed E-state index contributed by atoms with van der Waals surface area (Å²) in [7, 11) is 0. The molecule has 1 spiro atoms. The first kappa shape index (κ1) is 25.0. The van der Waals surface area contributed by atoms with Crippen LogP contribution in [0, 0.1) is 17.3 Å². The Bertz CT molecular complexity index is 1380. The first-order valence-corrected chi connectivity index (χ1v) is 14.1. The van der Waals surface area contributed by atoms with Gasteiger partial charge in [0.2, 0.25) is 0 Å². The number of hydrogen-bond donors (Lipinski definition) is 3. The van der Waals surface area contributed by atoms with Gasteiger partial charge in [-0.3, -0.25) is 4.79 Å². The molecule has 204 valence electrons. The number of carbonyl (C=O) groups excluding carboxylic acids is 1. The number of para-hydroxylation sites is 1. The third-order valence-electron chi connectivity index (χ3n) is 11.1. The molecule has 3 fully saturated rings. The number of aromatic amines is 1. The van der Waals surface area contributed by atoms with Gasteiger partial charge in [-0.1, -0.05) is 39.0 Å². The highest BCUT2D eigenvalue weighted by molar-refractivity contribution is 5.97. The molecule has 8 atom stereocenters. The van der Waals surface area contributed by atoms with Crippen LogP contribution in [-0.2, 0) is 30.8 Å². The normalized spacial score (nSPS) is 43.3. The molecule has 0 unspecified atom stereocenters. The van der Waals surface area contributed by atoms with Gasteiger partial charge >= 0.3 is 0 Å². The number of fused-ring (bicyclic) bond motifs is 9. The summed E-state index contributed by atoms with van der Waals surface area (Å²) in [6.45, 7) is 10.5. The van der Waals surface area contributed by atoms with Gasteiger partial charge in [0, 0.05) is 51.9 Å². The predicted molar refractivity (Wildman–Crippen MR) is 142 cm³/mol. The Hall–Kier alpha value is -2.03. The number of ketones is 1. The second-order valence-electron chi connectivity index (χ2n) is 13.5. The Balaban J connectivity index is 1.43. The molecule has 5 aliphatic rings. The molecule has 2 aromatic rings. The lowest BCUT2D eigenvalue weighted by atomic mass is 9.41. The van der Waals surface area contributed by atoms with Crippen molar-refractivity contribution in [2.24, 2.45) is 17.3 Å². The lowest BCUT2D eigenvalue weighted by Crippen LogP contribution is -2.74. The van der Waals surface area contributed by atoms with Crippen LogP contribution in [0.3, 0.4) is 0 Å². The monoisotopic (exact) mass is 521 g/mol. The third-order valence-corrected chi connectivity index (χ3v) is 11.1. The Morgan fingerprint density at radius 2 is 1.95 bits per heavy atom. The molecule has 7 rings (SSSR count). The van der Waals surface area contributed by atoms with E-state index in [1.807, 2.05) is 20.8 Å². The molecule has 7 heteroatoms. The molecule has 7 nitrogen and oxygen atoms in total. The minimum absolute atomic E-state index is 0.00727. The van der Waals surface area contributed by atoms with Gasteiger partial charge in [-0.2, -0.15) is 0 Å². The summed E-state index contributed by atoms with van der Waals surface area (Å²) in [5.41, 5.74) is 0.774. The predicted octanol–water partition coefficient (Wildman–Crippen LogP) is 3.95.